The Labute approximate surface area is 125 Å². The molecule has 1 heterocycles. The lowest BCUT2D eigenvalue weighted by molar-refractivity contribution is 0.163. The Hall–Kier alpha value is -0.0451. The molecule has 1 aliphatic carbocycles. The monoisotopic (exact) mass is 279 g/mol. The van der Waals surface area contributed by atoms with Gasteiger partial charge in [0, 0.05) is 19.5 Å². The topological polar surface area (TPSA) is 3.24 Å². The Balaban J connectivity index is 2.18. The number of likely N-dealkylation sites (tertiary alicyclic amines) is 1. The van der Waals surface area contributed by atoms with Crippen LogP contribution in [0.1, 0.15) is 58.8 Å². The lowest BCUT2D eigenvalue weighted by Gasteiger charge is -2.42. The van der Waals surface area contributed by atoms with E-state index in [2.05, 4.69) is 33.6 Å². The van der Waals surface area contributed by atoms with Gasteiger partial charge in [0.15, 0.2) is 0 Å². The predicted octanol–water partition coefficient (Wildman–Crippen LogP) is 3.68. The van der Waals surface area contributed by atoms with Crippen molar-refractivity contribution in [3.63, 3.8) is 0 Å². The molecule has 108 valence electrons. The highest BCUT2D eigenvalue weighted by Crippen LogP contribution is 2.45. The maximum Gasteiger partial charge on any atom is 0.105 e. The lowest BCUT2D eigenvalue weighted by atomic mass is 9.66. The average Bonchev–Trinajstić information content (AvgIpc) is 2.42. The number of nitrogens with zero attached hydrogens (tertiary/aromatic N) is 1. The standard InChI is InChI=1S/C16H30BNS/c1-4-16(2)10-12-8-9-18(3)15(19)14(12)7-5-6-13(17)11-16/h12-14H,4-11,17H2,1-3H3. The zero-order valence-electron chi connectivity index (χ0n) is 13.2. The Morgan fingerprint density at radius 3 is 2.74 bits per heavy atom. The molecule has 0 N–H and O–H groups in total. The fraction of sp³-hybridized carbons (Fsp3) is 0.938. The number of hydrogen-bond donors (Lipinski definition) is 0. The molecule has 2 fully saturated rings. The van der Waals surface area contributed by atoms with Crippen molar-refractivity contribution in [2.24, 2.45) is 17.3 Å². The summed E-state index contributed by atoms with van der Waals surface area (Å²) in [7, 11) is 4.64. The minimum absolute atomic E-state index is 0.540. The second-order valence-electron chi connectivity index (χ2n) is 7.52. The second-order valence-corrected chi connectivity index (χ2v) is 7.94. The van der Waals surface area contributed by atoms with E-state index in [1.807, 2.05) is 0 Å². The molecule has 2 aliphatic rings. The Morgan fingerprint density at radius 1 is 1.32 bits per heavy atom. The van der Waals surface area contributed by atoms with Gasteiger partial charge in [-0.1, -0.05) is 57.6 Å². The molecule has 0 spiro atoms. The first kappa shape index (κ1) is 15.3. The summed E-state index contributed by atoms with van der Waals surface area (Å²) in [6.45, 7) is 6.08. The smallest absolute Gasteiger partial charge is 0.105 e. The number of piperidine rings is 1. The van der Waals surface area contributed by atoms with Crippen LogP contribution in [0.2, 0.25) is 5.82 Å². The van der Waals surface area contributed by atoms with Crippen LogP contribution in [0.15, 0.2) is 0 Å². The highest BCUT2D eigenvalue weighted by atomic mass is 32.1. The number of fused-ring (bicyclic) bond motifs is 1. The predicted molar refractivity (Wildman–Crippen MR) is 90.6 cm³/mol. The molecule has 1 nitrogen and oxygen atoms in total. The van der Waals surface area contributed by atoms with Gasteiger partial charge in [-0.25, -0.2) is 0 Å². The summed E-state index contributed by atoms with van der Waals surface area (Å²) in [5, 5.41) is 0. The summed E-state index contributed by atoms with van der Waals surface area (Å²) in [4.78, 5) is 3.59. The van der Waals surface area contributed by atoms with Gasteiger partial charge in [-0.2, -0.15) is 0 Å². The minimum Gasteiger partial charge on any atom is -0.369 e. The largest absolute Gasteiger partial charge is 0.369 e. The van der Waals surface area contributed by atoms with E-state index in [0.29, 0.717) is 11.3 Å². The van der Waals surface area contributed by atoms with E-state index < -0.39 is 0 Å². The molecule has 0 amide bonds. The maximum atomic E-state index is 5.74. The molecule has 0 aromatic rings. The van der Waals surface area contributed by atoms with E-state index in [1.165, 1.54) is 56.5 Å². The van der Waals surface area contributed by atoms with E-state index in [1.54, 1.807) is 0 Å². The molecule has 0 bridgehead atoms. The third kappa shape index (κ3) is 3.54. The van der Waals surface area contributed by atoms with Crippen molar-refractivity contribution in [2.45, 2.75) is 64.6 Å². The van der Waals surface area contributed by atoms with Crippen molar-refractivity contribution < 1.29 is 0 Å². The van der Waals surface area contributed by atoms with Crippen molar-refractivity contribution in [2.75, 3.05) is 13.6 Å². The number of thiocarbonyl (C=S) groups is 1. The maximum absolute atomic E-state index is 5.74. The molecule has 3 heteroatoms. The van der Waals surface area contributed by atoms with Gasteiger partial charge in [-0.05, 0) is 30.6 Å². The molecule has 1 aliphatic heterocycles. The van der Waals surface area contributed by atoms with Gasteiger partial charge in [-0.3, -0.25) is 0 Å². The summed E-state index contributed by atoms with van der Waals surface area (Å²) in [5.74, 6) is 2.42. The lowest BCUT2D eigenvalue weighted by Crippen LogP contribution is -2.43. The van der Waals surface area contributed by atoms with Crippen molar-refractivity contribution in [3.8, 4) is 0 Å². The molecule has 0 radical (unpaired) electrons. The van der Waals surface area contributed by atoms with E-state index in [9.17, 15) is 0 Å². The summed E-state index contributed by atoms with van der Waals surface area (Å²) in [6, 6.07) is 0. The fourth-order valence-electron chi connectivity index (χ4n) is 4.39. The van der Waals surface area contributed by atoms with Crippen LogP contribution in [0.3, 0.4) is 0 Å². The highest BCUT2D eigenvalue weighted by Gasteiger charge is 2.37. The van der Waals surface area contributed by atoms with Gasteiger partial charge in [-0.15, -0.1) is 0 Å². The van der Waals surface area contributed by atoms with Crippen LogP contribution in [0.4, 0.5) is 0 Å². The molecular formula is C16H30BNS. The Kier molecular flexibility index (Phi) is 4.97. The molecule has 4 atom stereocenters. The zero-order valence-corrected chi connectivity index (χ0v) is 14.1. The Morgan fingerprint density at radius 2 is 2.05 bits per heavy atom. The van der Waals surface area contributed by atoms with Gasteiger partial charge in [0.1, 0.15) is 7.85 Å². The highest BCUT2D eigenvalue weighted by molar-refractivity contribution is 7.80. The van der Waals surface area contributed by atoms with E-state index in [-0.39, 0.29) is 0 Å². The molecular weight excluding hydrogens is 249 g/mol. The second kappa shape index (κ2) is 6.16. The quantitative estimate of drug-likeness (QED) is 0.532. The first-order valence-electron chi connectivity index (χ1n) is 8.20. The van der Waals surface area contributed by atoms with Crippen LogP contribution in [0.5, 0.6) is 0 Å². The third-order valence-electron chi connectivity index (χ3n) is 5.76. The van der Waals surface area contributed by atoms with Gasteiger partial charge in [0.05, 0.1) is 4.99 Å². The van der Waals surface area contributed by atoms with Crippen LogP contribution in [0.25, 0.3) is 0 Å². The minimum atomic E-state index is 0.540. The Bertz CT molecular complexity index is 333. The first-order valence-corrected chi connectivity index (χ1v) is 8.61. The van der Waals surface area contributed by atoms with E-state index in [0.717, 1.165) is 11.7 Å². The van der Waals surface area contributed by atoms with Crippen molar-refractivity contribution in [1.29, 1.82) is 0 Å². The van der Waals surface area contributed by atoms with Crippen LogP contribution in [-0.4, -0.2) is 31.3 Å². The summed E-state index contributed by atoms with van der Waals surface area (Å²) in [5.41, 5.74) is 0.540. The van der Waals surface area contributed by atoms with Crippen molar-refractivity contribution in [1.82, 2.24) is 4.90 Å². The van der Waals surface area contributed by atoms with Gasteiger partial charge >= 0.3 is 0 Å². The van der Waals surface area contributed by atoms with Gasteiger partial charge in [0.25, 0.3) is 0 Å². The van der Waals surface area contributed by atoms with Crippen LogP contribution >= 0.6 is 12.2 Å². The molecule has 19 heavy (non-hydrogen) atoms. The van der Waals surface area contributed by atoms with Crippen LogP contribution in [0, 0.1) is 17.3 Å². The molecule has 2 rings (SSSR count). The fourth-order valence-corrected chi connectivity index (χ4v) is 4.80. The SMILES string of the molecule is BC1CCCC2C(=S)N(C)CCC2CC(C)(CC)C1. The van der Waals surface area contributed by atoms with Crippen LogP contribution in [-0.2, 0) is 0 Å². The molecule has 0 aromatic heterocycles. The summed E-state index contributed by atoms with van der Waals surface area (Å²) < 4.78 is 0. The number of rotatable bonds is 1. The zero-order chi connectivity index (χ0) is 14.0. The molecule has 4 unspecified atom stereocenters. The normalized spacial score (nSPS) is 41.1. The number of hydrogen-bond acceptors (Lipinski definition) is 1. The average molecular weight is 279 g/mol. The first-order chi connectivity index (χ1) is 8.95. The third-order valence-corrected chi connectivity index (χ3v) is 6.37. The molecule has 1 saturated heterocycles. The summed E-state index contributed by atoms with van der Waals surface area (Å²) >= 11 is 5.74. The van der Waals surface area contributed by atoms with E-state index >= 15 is 0 Å². The van der Waals surface area contributed by atoms with Gasteiger partial charge in [0.2, 0.25) is 0 Å². The van der Waals surface area contributed by atoms with Crippen molar-refractivity contribution >= 4 is 25.1 Å². The van der Waals surface area contributed by atoms with Crippen molar-refractivity contribution in [3.05, 3.63) is 0 Å². The molecule has 1 saturated carbocycles. The van der Waals surface area contributed by atoms with E-state index in [4.69, 9.17) is 12.2 Å². The van der Waals surface area contributed by atoms with Crippen LogP contribution < -0.4 is 0 Å². The molecule has 0 aromatic carbocycles. The summed E-state index contributed by atoms with van der Waals surface area (Å²) in [6.07, 6.45) is 9.58. The van der Waals surface area contributed by atoms with Gasteiger partial charge < -0.3 is 4.90 Å².